The molecule has 0 fully saturated rings. The van der Waals surface area contributed by atoms with Gasteiger partial charge in [-0.25, -0.2) is 0 Å². The fourth-order valence-electron chi connectivity index (χ4n) is 1.16. The van der Waals surface area contributed by atoms with Crippen molar-refractivity contribution in [2.24, 2.45) is 10.8 Å². The zero-order chi connectivity index (χ0) is 12.3. The van der Waals surface area contributed by atoms with E-state index in [-0.39, 0.29) is 10.8 Å². The first kappa shape index (κ1) is 15.3. The molecule has 3 heteroatoms. The number of hydrogen-bond donors (Lipinski definition) is 0. The Kier molecular flexibility index (Phi) is 5.66. The van der Waals surface area contributed by atoms with Crippen LogP contribution in [0.25, 0.3) is 0 Å². The van der Waals surface area contributed by atoms with Crippen LogP contribution < -0.4 is 0 Å². The van der Waals surface area contributed by atoms with Crippen LogP contribution in [0.1, 0.15) is 41.5 Å². The van der Waals surface area contributed by atoms with E-state index in [4.69, 9.17) is 0 Å². The van der Waals surface area contributed by atoms with Gasteiger partial charge in [-0.2, -0.15) is 0 Å². The first-order valence-corrected chi connectivity index (χ1v) is 13.4. The molecule has 0 aromatic rings. The number of rotatable bonds is 4. The van der Waals surface area contributed by atoms with E-state index in [1.807, 2.05) is 41.5 Å². The van der Waals surface area contributed by atoms with Crippen molar-refractivity contribution in [2.45, 2.75) is 49.4 Å². The van der Waals surface area contributed by atoms with Gasteiger partial charge in [-0.3, -0.25) is 0 Å². The van der Waals surface area contributed by atoms with Crippen molar-refractivity contribution in [3.8, 4) is 0 Å². The first-order valence-electron chi connectivity index (χ1n) is 5.62. The predicted molar refractivity (Wildman–Crippen MR) is 58.5 cm³/mol. The molecule has 84 valence electrons. The minimum atomic E-state index is -1.28. The molecule has 0 unspecified atom stereocenters. The summed E-state index contributed by atoms with van der Waals surface area (Å²) in [5.74, 6) is 0.678. The third-order valence-electron chi connectivity index (χ3n) is 2.48. The van der Waals surface area contributed by atoms with Gasteiger partial charge in [-0.05, 0) is 0 Å². The van der Waals surface area contributed by atoms with Crippen LogP contribution in [0.5, 0.6) is 0 Å². The van der Waals surface area contributed by atoms with Crippen molar-refractivity contribution < 1.29 is 34.2 Å². The molecule has 0 aliphatic carbocycles. The second kappa shape index (κ2) is 5.56. The quantitative estimate of drug-likeness (QED) is 0.682. The van der Waals surface area contributed by atoms with Gasteiger partial charge in [0.2, 0.25) is 0 Å². The van der Waals surface area contributed by atoms with Gasteiger partial charge in [0.05, 0.1) is 0 Å². The summed E-state index contributed by atoms with van der Waals surface area (Å²) < 4.78 is 1.48. The van der Waals surface area contributed by atoms with E-state index in [1.54, 1.807) is 0 Å². The summed E-state index contributed by atoms with van der Waals surface area (Å²) in [7, 11) is 0. The third-order valence-corrected chi connectivity index (χ3v) is 8.76. The van der Waals surface area contributed by atoms with E-state index in [2.05, 4.69) is 0 Å². The van der Waals surface area contributed by atoms with E-state index in [0.29, 0.717) is 11.6 Å². The Labute approximate surface area is 106 Å². The third kappa shape index (κ3) is 6.44. The predicted octanol–water partition coefficient (Wildman–Crippen LogP) is 3.14. The normalized spacial score (nSPS) is 12.1. The molecular formula is C12H22HgO2. The molecule has 0 rings (SSSR count). The van der Waals surface area contributed by atoms with E-state index in [1.165, 1.54) is 0 Å². The average molecular weight is 399 g/mol. The number of ketones is 2. The minimum absolute atomic E-state index is 0.217. The van der Waals surface area contributed by atoms with Crippen molar-refractivity contribution in [2.75, 3.05) is 0 Å². The summed E-state index contributed by atoms with van der Waals surface area (Å²) in [5, 5.41) is 0. The molecule has 0 aliphatic rings. The molecule has 0 bridgehead atoms. The van der Waals surface area contributed by atoms with Crippen molar-refractivity contribution in [1.82, 2.24) is 0 Å². The fraction of sp³-hybridized carbons (Fsp3) is 0.833. The van der Waals surface area contributed by atoms with Gasteiger partial charge in [0.25, 0.3) is 0 Å². The van der Waals surface area contributed by atoms with Crippen molar-refractivity contribution in [3.63, 3.8) is 0 Å². The molecule has 15 heavy (non-hydrogen) atoms. The Morgan fingerprint density at radius 3 is 1.27 bits per heavy atom. The van der Waals surface area contributed by atoms with Gasteiger partial charge in [0.15, 0.2) is 0 Å². The zero-order valence-corrected chi connectivity index (χ0v) is 16.4. The van der Waals surface area contributed by atoms with Crippen molar-refractivity contribution >= 4 is 11.6 Å². The summed E-state index contributed by atoms with van der Waals surface area (Å²) >= 11 is -1.28. The summed E-state index contributed by atoms with van der Waals surface area (Å²) in [6.45, 7) is 11.7. The van der Waals surface area contributed by atoms with Crippen molar-refractivity contribution in [1.29, 1.82) is 0 Å². The van der Waals surface area contributed by atoms with Crippen LogP contribution in [-0.2, 0) is 34.2 Å². The summed E-state index contributed by atoms with van der Waals surface area (Å²) in [4.78, 5) is 23.3. The van der Waals surface area contributed by atoms with Gasteiger partial charge in [0, 0.05) is 0 Å². The fourth-order valence-corrected chi connectivity index (χ4v) is 10.2. The van der Waals surface area contributed by atoms with Gasteiger partial charge in [0.1, 0.15) is 0 Å². The van der Waals surface area contributed by atoms with Gasteiger partial charge in [-0.15, -0.1) is 0 Å². The molecule has 0 amide bonds. The molecule has 0 heterocycles. The van der Waals surface area contributed by atoms with Gasteiger partial charge < -0.3 is 0 Å². The van der Waals surface area contributed by atoms with Gasteiger partial charge >= 0.3 is 106 Å². The Balaban J connectivity index is 3.92. The molecule has 0 aromatic heterocycles. The maximum absolute atomic E-state index is 11.6. The molecule has 2 nitrogen and oxygen atoms in total. The van der Waals surface area contributed by atoms with Crippen molar-refractivity contribution in [3.05, 3.63) is 0 Å². The van der Waals surface area contributed by atoms with Crippen LogP contribution in [0.4, 0.5) is 0 Å². The Morgan fingerprint density at radius 2 is 1.07 bits per heavy atom. The first-order chi connectivity index (χ1) is 6.55. The SMILES string of the molecule is CC(C)(C)C(=O)[CH2][Hg][CH2]C(=O)C(C)(C)C. The Morgan fingerprint density at radius 1 is 0.800 bits per heavy atom. The number of hydrogen-bond acceptors (Lipinski definition) is 2. The molecule has 0 aliphatic heterocycles. The van der Waals surface area contributed by atoms with Crippen LogP contribution in [0, 0.1) is 10.8 Å². The number of Topliss-reactive ketones (excluding diaryl/α,β-unsaturated/α-hetero) is 2. The van der Waals surface area contributed by atoms with Crippen LogP contribution in [0.3, 0.4) is 0 Å². The van der Waals surface area contributed by atoms with E-state index < -0.39 is 24.6 Å². The van der Waals surface area contributed by atoms with Crippen LogP contribution >= 0.6 is 0 Å². The number of carbonyl (C=O) groups is 2. The number of carbonyl (C=O) groups excluding carboxylic acids is 2. The average Bonchev–Trinajstić information content (AvgIpc) is 2.00. The molecule has 0 N–H and O–H groups in total. The van der Waals surface area contributed by atoms with Crippen LogP contribution in [0.2, 0.25) is 7.86 Å². The molecule has 0 aromatic carbocycles. The topological polar surface area (TPSA) is 34.1 Å². The second-order valence-electron chi connectivity index (χ2n) is 6.20. The summed E-state index contributed by atoms with van der Waals surface area (Å²) in [6, 6.07) is 0. The molecule has 0 atom stereocenters. The monoisotopic (exact) mass is 400 g/mol. The molecule has 0 saturated heterocycles. The molecular weight excluding hydrogens is 377 g/mol. The molecule has 0 radical (unpaired) electrons. The summed E-state index contributed by atoms with van der Waals surface area (Å²) in [6.07, 6.45) is 0. The Bertz CT molecular complexity index is 217. The Hall–Kier alpha value is 0.275. The second-order valence-corrected chi connectivity index (χ2v) is 12.8. The van der Waals surface area contributed by atoms with E-state index >= 15 is 0 Å². The molecule has 0 spiro atoms. The standard InChI is InChI=1S/2C6H11O.Hg/c2*1-5(7)6(2,3)4;/h2*1H2,2-4H3;. The summed E-state index contributed by atoms with van der Waals surface area (Å²) in [5.41, 5.74) is -0.435. The maximum atomic E-state index is 11.6. The van der Waals surface area contributed by atoms with Crippen LogP contribution in [0.15, 0.2) is 0 Å². The van der Waals surface area contributed by atoms with Crippen LogP contribution in [-0.4, -0.2) is 11.6 Å². The molecule has 0 saturated carbocycles. The van der Waals surface area contributed by atoms with E-state index in [9.17, 15) is 9.59 Å². The van der Waals surface area contributed by atoms with Gasteiger partial charge in [-0.1, -0.05) is 0 Å². The zero-order valence-electron chi connectivity index (χ0n) is 10.9. The van der Waals surface area contributed by atoms with E-state index in [0.717, 1.165) is 7.86 Å².